The molecule has 0 N–H and O–H groups in total. The molecule has 5 fully saturated rings. The maximum atomic E-state index is 14.0. The number of likely N-dealkylation sites (tertiary alicyclic amines) is 2. The number of epoxide rings is 1. The van der Waals surface area contributed by atoms with Gasteiger partial charge in [0.25, 0.3) is 0 Å². The molecule has 1 atom stereocenters. The predicted octanol–water partition coefficient (Wildman–Crippen LogP) is 9.22. The van der Waals surface area contributed by atoms with Crippen molar-refractivity contribution in [3.05, 3.63) is 184 Å². The van der Waals surface area contributed by atoms with Crippen molar-refractivity contribution >= 4 is 17.5 Å². The SMILES string of the molecule is CN1C=CC(CN2CCC(C(=O)N3CCN(Cc4ccc(OCc5c(F)cccc5Cl)cc4)CC3)CC2)=CC1.c1ccc(COc2cccc(CN3CCN(C4(C5CCN(Cc6ccncc6)CC5)CO4)CC3)c2)cc1. The number of halogens is 2. The highest BCUT2D eigenvalue weighted by atomic mass is 35.5. The van der Waals surface area contributed by atoms with Crippen LogP contribution in [0.25, 0.3) is 0 Å². The second kappa shape index (κ2) is 26.1. The van der Waals surface area contributed by atoms with Crippen molar-refractivity contribution in [1.29, 1.82) is 0 Å². The zero-order valence-corrected chi connectivity index (χ0v) is 45.1. The summed E-state index contributed by atoms with van der Waals surface area (Å²) in [6.07, 6.45) is 14.8. The third-order valence-corrected chi connectivity index (χ3v) is 16.6. The average Bonchev–Trinajstić information content (AvgIpc) is 4.28. The van der Waals surface area contributed by atoms with Gasteiger partial charge in [-0.25, -0.2) is 4.39 Å². The van der Waals surface area contributed by atoms with Gasteiger partial charge in [0.15, 0.2) is 0 Å². The highest BCUT2D eigenvalue weighted by Gasteiger charge is 2.56. The molecular formula is C62H76ClFN8O4. The van der Waals surface area contributed by atoms with Crippen LogP contribution in [0.5, 0.6) is 11.5 Å². The van der Waals surface area contributed by atoms with Gasteiger partial charge in [-0.2, -0.15) is 0 Å². The lowest BCUT2D eigenvalue weighted by molar-refractivity contribution is -0.138. The van der Waals surface area contributed by atoms with E-state index in [-0.39, 0.29) is 24.1 Å². The highest BCUT2D eigenvalue weighted by Crippen LogP contribution is 2.44. The van der Waals surface area contributed by atoms with Crippen molar-refractivity contribution in [2.75, 3.05) is 105 Å². The van der Waals surface area contributed by atoms with E-state index in [1.54, 1.807) is 12.1 Å². The summed E-state index contributed by atoms with van der Waals surface area (Å²) in [7, 11) is 2.09. The van der Waals surface area contributed by atoms with Crippen molar-refractivity contribution in [3.8, 4) is 11.5 Å². The van der Waals surface area contributed by atoms with Crippen LogP contribution < -0.4 is 9.47 Å². The van der Waals surface area contributed by atoms with E-state index in [9.17, 15) is 9.18 Å². The lowest BCUT2D eigenvalue weighted by atomic mass is 9.88. The number of hydrogen-bond acceptors (Lipinski definition) is 11. The quantitative estimate of drug-likeness (QED) is 0.0837. The Bertz CT molecular complexity index is 2660. The number of nitrogens with zero attached hydrogens (tertiary/aromatic N) is 8. The minimum Gasteiger partial charge on any atom is -0.489 e. The summed E-state index contributed by atoms with van der Waals surface area (Å²) in [5.74, 6) is 2.40. The fourth-order valence-electron chi connectivity index (χ4n) is 11.5. The van der Waals surface area contributed by atoms with E-state index in [0.29, 0.717) is 34.8 Å². The number of rotatable bonds is 17. The monoisotopic (exact) mass is 1050 g/mol. The Kier molecular flexibility index (Phi) is 18.5. The number of ether oxygens (including phenoxy) is 3. The molecule has 5 aromatic rings. The first-order chi connectivity index (χ1) is 37.2. The molecule has 5 saturated heterocycles. The fourth-order valence-corrected chi connectivity index (χ4v) is 11.8. The third kappa shape index (κ3) is 14.7. The van der Waals surface area contributed by atoms with Crippen LogP contribution in [0.2, 0.25) is 5.02 Å². The maximum absolute atomic E-state index is 14.0. The first-order valence-electron chi connectivity index (χ1n) is 27.7. The van der Waals surface area contributed by atoms with Crippen molar-refractivity contribution in [2.45, 2.75) is 64.3 Å². The van der Waals surface area contributed by atoms with E-state index in [2.05, 4.69) is 125 Å². The molecule has 0 radical (unpaired) electrons. The minimum absolute atomic E-state index is 0.0000413. The molecule has 7 heterocycles. The van der Waals surface area contributed by atoms with Gasteiger partial charge in [0.2, 0.25) is 5.91 Å². The van der Waals surface area contributed by atoms with Gasteiger partial charge in [0, 0.05) is 122 Å². The van der Waals surface area contributed by atoms with Crippen molar-refractivity contribution in [2.24, 2.45) is 11.8 Å². The molecule has 0 aliphatic carbocycles. The summed E-state index contributed by atoms with van der Waals surface area (Å²) in [6.45, 7) is 18.3. The van der Waals surface area contributed by atoms with Crippen molar-refractivity contribution < 1.29 is 23.4 Å². The van der Waals surface area contributed by atoms with E-state index >= 15 is 0 Å². The standard InChI is InChI=1S/C31H38ClFN4O2.C31H38N4O2/c1-34-13-9-25(10-14-34)22-35-15-11-26(12-16-35)31(38)37-19-17-36(18-20-37)21-24-5-7-27(8-6-24)39-23-28-29(32)3-2-4-30(28)33;1-2-5-27(6-3-1)24-36-30-8-4-7-28(21-30)23-34-17-19-35(20-18-34)31(25-37-31)29-11-15-33(16-12-29)22-26-9-13-32-14-10-26/h2-10,13,26H,11-12,14-23H2,1H3;1-10,13-14,21,29H,11-12,15-20,22-25H2. The number of aromatic nitrogens is 1. The largest absolute Gasteiger partial charge is 0.489 e. The van der Waals surface area contributed by atoms with E-state index in [4.69, 9.17) is 25.8 Å². The Balaban J connectivity index is 0.000000173. The number of carbonyl (C=O) groups excluding carboxylic acids is 1. The first-order valence-corrected chi connectivity index (χ1v) is 28.0. The lowest BCUT2D eigenvalue weighted by Crippen LogP contribution is -2.55. The van der Waals surface area contributed by atoms with Crippen LogP contribution in [-0.2, 0) is 42.4 Å². The Morgan fingerprint density at radius 2 is 1.25 bits per heavy atom. The number of piperidine rings is 2. The van der Waals surface area contributed by atoms with Gasteiger partial charge in [-0.15, -0.1) is 0 Å². The van der Waals surface area contributed by atoms with Gasteiger partial charge < -0.3 is 24.0 Å². The van der Waals surface area contributed by atoms with Gasteiger partial charge in [0.05, 0.1) is 11.6 Å². The zero-order chi connectivity index (χ0) is 52.1. The minimum atomic E-state index is -0.360. The number of amides is 1. The molecule has 76 heavy (non-hydrogen) atoms. The molecule has 0 saturated carbocycles. The normalized spacial score (nSPS) is 21.4. The third-order valence-electron chi connectivity index (χ3n) is 16.3. The Labute approximate surface area is 455 Å². The summed E-state index contributed by atoms with van der Waals surface area (Å²) in [4.78, 5) is 34.3. The summed E-state index contributed by atoms with van der Waals surface area (Å²) in [5, 5.41) is 0.369. The molecule has 6 aliphatic heterocycles. The average molecular weight is 1050 g/mol. The Hall–Kier alpha value is -5.64. The molecular weight excluding hydrogens is 975 g/mol. The Morgan fingerprint density at radius 1 is 0.645 bits per heavy atom. The van der Waals surface area contributed by atoms with Gasteiger partial charge >= 0.3 is 0 Å². The molecule has 0 bridgehead atoms. The van der Waals surface area contributed by atoms with Crippen LogP contribution in [0.15, 0.2) is 146 Å². The van der Waals surface area contributed by atoms with Gasteiger partial charge in [-0.3, -0.25) is 34.3 Å². The molecule has 1 aromatic heterocycles. The van der Waals surface area contributed by atoms with E-state index in [1.807, 2.05) is 42.7 Å². The Morgan fingerprint density at radius 3 is 1.92 bits per heavy atom. The number of pyridine rings is 1. The molecule has 12 nitrogen and oxygen atoms in total. The molecule has 402 valence electrons. The van der Waals surface area contributed by atoms with Crippen LogP contribution in [0.4, 0.5) is 4.39 Å². The van der Waals surface area contributed by atoms with Gasteiger partial charge in [-0.1, -0.05) is 78.3 Å². The van der Waals surface area contributed by atoms with E-state index in [0.717, 1.165) is 136 Å². The number of carbonyl (C=O) groups is 1. The van der Waals surface area contributed by atoms with Crippen LogP contribution >= 0.6 is 11.6 Å². The van der Waals surface area contributed by atoms with Crippen molar-refractivity contribution in [1.82, 2.24) is 39.3 Å². The van der Waals surface area contributed by atoms with Crippen LogP contribution in [0, 0.1) is 17.7 Å². The number of hydrogen-bond donors (Lipinski definition) is 0. The summed E-state index contributed by atoms with van der Waals surface area (Å²) in [6, 6.07) is 35.7. The number of piperazine rings is 2. The number of benzene rings is 4. The molecule has 6 aliphatic rings. The van der Waals surface area contributed by atoms with Crippen LogP contribution in [-0.4, -0.2) is 156 Å². The molecule has 4 aromatic carbocycles. The smallest absolute Gasteiger partial charge is 0.225 e. The highest BCUT2D eigenvalue weighted by molar-refractivity contribution is 6.31. The summed E-state index contributed by atoms with van der Waals surface area (Å²) >= 11 is 6.09. The maximum Gasteiger partial charge on any atom is 0.225 e. The van der Waals surface area contributed by atoms with E-state index < -0.39 is 0 Å². The van der Waals surface area contributed by atoms with Gasteiger partial charge in [0.1, 0.15) is 36.3 Å². The second-order valence-electron chi connectivity index (χ2n) is 21.5. The second-order valence-corrected chi connectivity index (χ2v) is 22.0. The molecule has 1 unspecified atom stereocenters. The van der Waals surface area contributed by atoms with Gasteiger partial charge in [-0.05, 0) is 140 Å². The number of likely N-dealkylation sites (N-methyl/N-ethyl adjacent to an activating group) is 1. The van der Waals surface area contributed by atoms with Crippen LogP contribution in [0.1, 0.15) is 53.5 Å². The first kappa shape index (κ1) is 53.7. The molecule has 1 amide bonds. The summed E-state index contributed by atoms with van der Waals surface area (Å²) < 4.78 is 32.0. The molecule has 11 rings (SSSR count). The molecule has 0 spiro atoms. The fraction of sp³-hybridized carbons (Fsp3) is 0.452. The molecule has 14 heteroatoms. The van der Waals surface area contributed by atoms with Crippen molar-refractivity contribution in [3.63, 3.8) is 0 Å². The topological polar surface area (TPSA) is 83.6 Å². The summed E-state index contributed by atoms with van der Waals surface area (Å²) in [5.41, 5.74) is 6.80. The predicted molar refractivity (Wildman–Crippen MR) is 298 cm³/mol. The lowest BCUT2D eigenvalue weighted by Gasteiger charge is -2.43. The van der Waals surface area contributed by atoms with Crippen LogP contribution in [0.3, 0.4) is 0 Å². The van der Waals surface area contributed by atoms with E-state index in [1.165, 1.54) is 46.7 Å². The zero-order valence-electron chi connectivity index (χ0n) is 44.4.